The number of aromatic amines is 1. The van der Waals surface area contributed by atoms with Gasteiger partial charge in [0.1, 0.15) is 5.69 Å². The molecule has 6 nitrogen and oxygen atoms in total. The van der Waals surface area contributed by atoms with Crippen LogP contribution in [0.1, 0.15) is 54.1 Å². The Balaban J connectivity index is 1.80. The van der Waals surface area contributed by atoms with Gasteiger partial charge in [0.25, 0.3) is 5.91 Å². The Bertz CT molecular complexity index is 731. The number of amides is 1. The van der Waals surface area contributed by atoms with E-state index in [0.29, 0.717) is 5.69 Å². The van der Waals surface area contributed by atoms with Gasteiger partial charge in [0.05, 0.1) is 17.3 Å². The molecule has 2 heterocycles. The third-order valence-electron chi connectivity index (χ3n) is 4.52. The molecule has 6 heteroatoms. The number of H-pyrrole nitrogens is 1. The van der Waals surface area contributed by atoms with E-state index in [4.69, 9.17) is 5.73 Å². The lowest BCUT2D eigenvalue weighted by atomic mass is 9.95. The molecule has 0 spiro atoms. The molecule has 1 aromatic carbocycles. The van der Waals surface area contributed by atoms with Gasteiger partial charge in [0.15, 0.2) is 0 Å². The second kappa shape index (κ2) is 6.37. The first-order valence-electron chi connectivity index (χ1n) is 8.34. The average molecular weight is 327 g/mol. The predicted molar refractivity (Wildman–Crippen MR) is 93.4 cm³/mol. The third kappa shape index (κ3) is 3.34. The quantitative estimate of drug-likeness (QED) is 0.800. The van der Waals surface area contributed by atoms with Crippen molar-refractivity contribution >= 4 is 5.91 Å². The van der Waals surface area contributed by atoms with E-state index in [1.54, 1.807) is 6.07 Å². The number of aromatic nitrogens is 2. The third-order valence-corrected chi connectivity index (χ3v) is 4.52. The number of rotatable bonds is 4. The molecule has 0 fully saturated rings. The SMILES string of the molecule is CCN1Cc2ccccc2C(NC(=O)c2cc(C(C)(C)N)[nH]n2)C1. The van der Waals surface area contributed by atoms with Crippen LogP contribution in [0, 0.1) is 0 Å². The summed E-state index contributed by atoms with van der Waals surface area (Å²) in [7, 11) is 0. The van der Waals surface area contributed by atoms with Crippen molar-refractivity contribution in [1.29, 1.82) is 0 Å². The summed E-state index contributed by atoms with van der Waals surface area (Å²) in [5, 5.41) is 10.1. The van der Waals surface area contributed by atoms with Crippen molar-refractivity contribution in [3.05, 3.63) is 52.8 Å². The summed E-state index contributed by atoms with van der Waals surface area (Å²) in [6, 6.07) is 9.96. The van der Waals surface area contributed by atoms with Crippen LogP contribution in [-0.4, -0.2) is 34.1 Å². The van der Waals surface area contributed by atoms with E-state index < -0.39 is 5.54 Å². The van der Waals surface area contributed by atoms with Crippen molar-refractivity contribution < 1.29 is 4.79 Å². The first kappa shape index (κ1) is 16.7. The Morgan fingerprint density at radius 3 is 2.88 bits per heavy atom. The number of carbonyl (C=O) groups is 1. The summed E-state index contributed by atoms with van der Waals surface area (Å²) in [6.07, 6.45) is 0. The normalized spacial score (nSPS) is 18.2. The number of hydrogen-bond acceptors (Lipinski definition) is 4. The largest absolute Gasteiger partial charge is 0.343 e. The lowest BCUT2D eigenvalue weighted by molar-refractivity contribution is 0.0912. The van der Waals surface area contributed by atoms with Crippen molar-refractivity contribution in [2.45, 2.75) is 38.9 Å². The molecule has 4 N–H and O–H groups in total. The van der Waals surface area contributed by atoms with Crippen molar-refractivity contribution in [3.63, 3.8) is 0 Å². The van der Waals surface area contributed by atoms with Gasteiger partial charge in [-0.1, -0.05) is 31.2 Å². The molecule has 0 aliphatic carbocycles. The molecule has 0 radical (unpaired) electrons. The Kier molecular flexibility index (Phi) is 4.43. The maximum absolute atomic E-state index is 12.6. The fraction of sp³-hybridized carbons (Fsp3) is 0.444. The molecular formula is C18H25N5O. The Labute approximate surface area is 142 Å². The number of benzene rings is 1. The highest BCUT2D eigenvalue weighted by Gasteiger charge is 2.27. The first-order chi connectivity index (χ1) is 11.4. The summed E-state index contributed by atoms with van der Waals surface area (Å²) in [6.45, 7) is 8.56. The van der Waals surface area contributed by atoms with Crippen LogP contribution in [0.5, 0.6) is 0 Å². The predicted octanol–water partition coefficient (Wildman–Crippen LogP) is 1.91. The Hall–Kier alpha value is -2.18. The Morgan fingerprint density at radius 2 is 2.21 bits per heavy atom. The molecule has 24 heavy (non-hydrogen) atoms. The first-order valence-corrected chi connectivity index (χ1v) is 8.34. The molecule has 0 bridgehead atoms. The number of nitrogens with one attached hydrogen (secondary N) is 2. The number of carbonyl (C=O) groups excluding carboxylic acids is 1. The van der Waals surface area contributed by atoms with E-state index in [9.17, 15) is 4.79 Å². The van der Waals surface area contributed by atoms with Crippen molar-refractivity contribution in [2.24, 2.45) is 5.73 Å². The minimum atomic E-state index is -0.554. The molecule has 1 aliphatic rings. The van der Waals surface area contributed by atoms with E-state index in [2.05, 4.69) is 39.5 Å². The van der Waals surface area contributed by atoms with Crippen molar-refractivity contribution in [2.75, 3.05) is 13.1 Å². The molecule has 128 valence electrons. The van der Waals surface area contributed by atoms with Crippen LogP contribution in [-0.2, 0) is 12.1 Å². The topological polar surface area (TPSA) is 87.0 Å². The van der Waals surface area contributed by atoms with Crippen molar-refractivity contribution in [1.82, 2.24) is 20.4 Å². The summed E-state index contributed by atoms with van der Waals surface area (Å²) in [4.78, 5) is 14.9. The molecular weight excluding hydrogens is 302 g/mol. The maximum Gasteiger partial charge on any atom is 0.272 e. The van der Waals surface area contributed by atoms with Gasteiger partial charge in [-0.25, -0.2) is 0 Å². The van der Waals surface area contributed by atoms with Gasteiger partial charge in [0.2, 0.25) is 0 Å². The van der Waals surface area contributed by atoms with Crippen LogP contribution < -0.4 is 11.1 Å². The zero-order chi connectivity index (χ0) is 17.3. The highest BCUT2D eigenvalue weighted by atomic mass is 16.2. The standard InChI is InChI=1S/C18H25N5O/c1-4-23-10-12-7-5-6-8-13(12)15(11-23)20-17(24)14-9-16(22-21-14)18(2,3)19/h5-9,15H,4,10-11,19H2,1-3H3,(H,20,24)(H,21,22). The van der Waals surface area contributed by atoms with E-state index in [1.165, 1.54) is 11.1 Å². The minimum absolute atomic E-state index is 0.0339. The van der Waals surface area contributed by atoms with Crippen LogP contribution in [0.2, 0.25) is 0 Å². The van der Waals surface area contributed by atoms with Crippen LogP contribution >= 0.6 is 0 Å². The van der Waals surface area contributed by atoms with Crippen LogP contribution in [0.4, 0.5) is 0 Å². The number of hydrogen-bond donors (Lipinski definition) is 3. The number of nitrogens with zero attached hydrogens (tertiary/aromatic N) is 2. The van der Waals surface area contributed by atoms with Crippen molar-refractivity contribution in [3.8, 4) is 0 Å². The van der Waals surface area contributed by atoms with Gasteiger partial charge in [0, 0.05) is 13.1 Å². The molecule has 3 rings (SSSR count). The van der Waals surface area contributed by atoms with Gasteiger partial charge in [-0.05, 0) is 37.6 Å². The van der Waals surface area contributed by atoms with E-state index in [-0.39, 0.29) is 11.9 Å². The monoisotopic (exact) mass is 327 g/mol. The second-order valence-corrected chi connectivity index (χ2v) is 6.94. The highest BCUT2D eigenvalue weighted by Crippen LogP contribution is 2.26. The fourth-order valence-electron chi connectivity index (χ4n) is 3.04. The number of nitrogens with two attached hydrogens (primary N) is 1. The average Bonchev–Trinajstić information content (AvgIpc) is 3.05. The molecule has 1 amide bonds. The molecule has 1 atom stereocenters. The fourth-order valence-corrected chi connectivity index (χ4v) is 3.04. The molecule has 2 aromatic rings. The summed E-state index contributed by atoms with van der Waals surface area (Å²) < 4.78 is 0. The van der Waals surface area contributed by atoms with Crippen LogP contribution in [0.3, 0.4) is 0 Å². The summed E-state index contributed by atoms with van der Waals surface area (Å²) in [5.74, 6) is -0.181. The zero-order valence-corrected chi connectivity index (χ0v) is 14.5. The van der Waals surface area contributed by atoms with E-state index in [1.807, 2.05) is 26.0 Å². The maximum atomic E-state index is 12.6. The van der Waals surface area contributed by atoms with Gasteiger partial charge in [-0.3, -0.25) is 14.8 Å². The molecule has 0 saturated carbocycles. The summed E-state index contributed by atoms with van der Waals surface area (Å²) in [5.41, 5.74) is 9.05. The number of fused-ring (bicyclic) bond motifs is 1. The van der Waals surface area contributed by atoms with Gasteiger partial charge in [-0.2, -0.15) is 5.10 Å². The molecule has 1 aromatic heterocycles. The molecule has 1 unspecified atom stereocenters. The van der Waals surface area contributed by atoms with E-state index >= 15 is 0 Å². The Morgan fingerprint density at radius 1 is 1.46 bits per heavy atom. The van der Waals surface area contributed by atoms with Gasteiger partial charge >= 0.3 is 0 Å². The zero-order valence-electron chi connectivity index (χ0n) is 14.5. The minimum Gasteiger partial charge on any atom is -0.343 e. The van der Waals surface area contributed by atoms with Crippen LogP contribution in [0.15, 0.2) is 30.3 Å². The molecule has 1 aliphatic heterocycles. The van der Waals surface area contributed by atoms with Crippen LogP contribution in [0.25, 0.3) is 0 Å². The highest BCUT2D eigenvalue weighted by molar-refractivity contribution is 5.92. The second-order valence-electron chi connectivity index (χ2n) is 6.94. The van der Waals surface area contributed by atoms with Gasteiger partial charge in [-0.15, -0.1) is 0 Å². The van der Waals surface area contributed by atoms with Gasteiger partial charge < -0.3 is 11.1 Å². The molecule has 0 saturated heterocycles. The lowest BCUT2D eigenvalue weighted by Gasteiger charge is -2.34. The smallest absolute Gasteiger partial charge is 0.272 e. The summed E-state index contributed by atoms with van der Waals surface area (Å²) >= 11 is 0. The number of likely N-dealkylation sites (N-methyl/N-ethyl adjacent to an activating group) is 1. The van der Waals surface area contributed by atoms with E-state index in [0.717, 1.165) is 25.3 Å². The lowest BCUT2D eigenvalue weighted by Crippen LogP contribution is -2.41.